The van der Waals surface area contributed by atoms with Crippen LogP contribution < -0.4 is 5.32 Å². The van der Waals surface area contributed by atoms with E-state index in [1.165, 1.54) is 23.5 Å². The highest BCUT2D eigenvalue weighted by Gasteiger charge is 2.16. The first-order valence-electron chi connectivity index (χ1n) is 7.71. The first-order valence-corrected chi connectivity index (χ1v) is 11.0. The third-order valence-corrected chi connectivity index (χ3v) is 6.87. The molecule has 0 atom stereocenters. The Morgan fingerprint density at radius 3 is 2.59 bits per heavy atom. The minimum atomic E-state index is -3.58. The maximum absolute atomic E-state index is 12.9. The highest BCUT2D eigenvalue weighted by atomic mass is 79.9. The molecule has 0 aliphatic heterocycles. The van der Waals surface area contributed by atoms with Crippen LogP contribution in [0.25, 0.3) is 10.8 Å². The molecule has 2 heterocycles. The van der Waals surface area contributed by atoms with E-state index in [1.54, 1.807) is 6.07 Å². The van der Waals surface area contributed by atoms with Gasteiger partial charge in [-0.3, -0.25) is 10.1 Å². The van der Waals surface area contributed by atoms with Crippen LogP contribution in [-0.2, 0) is 14.6 Å². The van der Waals surface area contributed by atoms with E-state index < -0.39 is 21.6 Å². The van der Waals surface area contributed by atoms with Crippen LogP contribution in [0.4, 0.5) is 10.4 Å². The molecule has 2 aromatic heterocycles. The molecular formula is C16H13BrFN3O4S2. The van der Waals surface area contributed by atoms with Crippen LogP contribution in [0.3, 0.4) is 0 Å². The largest absolute Gasteiger partial charge is 0.402 e. The average Bonchev–Trinajstić information content (AvgIpc) is 3.24. The molecule has 7 nitrogen and oxygen atoms in total. The molecule has 0 spiro atoms. The van der Waals surface area contributed by atoms with Gasteiger partial charge >= 0.3 is 6.01 Å². The number of carbonyl (C=O) groups excluding carboxylic acids is 1. The van der Waals surface area contributed by atoms with Gasteiger partial charge in [-0.05, 0) is 58.7 Å². The summed E-state index contributed by atoms with van der Waals surface area (Å²) in [4.78, 5) is 12.7. The van der Waals surface area contributed by atoms with Crippen LogP contribution in [0.5, 0.6) is 0 Å². The standard InChI is InChI=1S/C16H13BrFN3O4S2/c17-13-8-7-12(26-13)15-20-21-16(25-15)19-14(22)2-1-9-27(23,24)11-5-3-10(18)4-6-11/h3-8H,1-2,9H2,(H,19,21,22). The fraction of sp³-hybridized carbons (Fsp3) is 0.188. The fourth-order valence-electron chi connectivity index (χ4n) is 2.17. The molecule has 0 saturated carbocycles. The van der Waals surface area contributed by atoms with Crippen molar-refractivity contribution in [2.24, 2.45) is 0 Å². The number of rotatable bonds is 7. The zero-order chi connectivity index (χ0) is 19.4. The van der Waals surface area contributed by atoms with E-state index in [0.717, 1.165) is 20.8 Å². The highest BCUT2D eigenvalue weighted by molar-refractivity contribution is 9.11. The maximum Gasteiger partial charge on any atom is 0.322 e. The van der Waals surface area contributed by atoms with Crippen molar-refractivity contribution >= 4 is 49.0 Å². The maximum atomic E-state index is 12.9. The minimum absolute atomic E-state index is 0.0213. The summed E-state index contributed by atoms with van der Waals surface area (Å²) in [6.07, 6.45) is 0.0626. The number of halogens is 2. The molecule has 1 N–H and O–H groups in total. The minimum Gasteiger partial charge on any atom is -0.402 e. The summed E-state index contributed by atoms with van der Waals surface area (Å²) in [6, 6.07) is 8.15. The lowest BCUT2D eigenvalue weighted by Crippen LogP contribution is -2.14. The number of nitrogens with one attached hydrogen (secondary N) is 1. The van der Waals surface area contributed by atoms with E-state index in [-0.39, 0.29) is 35.4 Å². The van der Waals surface area contributed by atoms with E-state index in [9.17, 15) is 17.6 Å². The predicted molar refractivity (Wildman–Crippen MR) is 102 cm³/mol. The van der Waals surface area contributed by atoms with Crippen molar-refractivity contribution in [1.29, 1.82) is 0 Å². The van der Waals surface area contributed by atoms with Crippen molar-refractivity contribution in [3.8, 4) is 10.8 Å². The number of nitrogens with zero attached hydrogens (tertiary/aromatic N) is 2. The van der Waals surface area contributed by atoms with Crippen molar-refractivity contribution < 1.29 is 22.0 Å². The highest BCUT2D eigenvalue weighted by Crippen LogP contribution is 2.30. The number of anilines is 1. The molecule has 0 aliphatic rings. The Morgan fingerprint density at radius 2 is 1.93 bits per heavy atom. The Bertz CT molecular complexity index is 1050. The summed E-state index contributed by atoms with van der Waals surface area (Å²) in [7, 11) is -3.58. The number of aromatic nitrogens is 2. The quantitative estimate of drug-likeness (QED) is 0.522. The molecule has 3 rings (SSSR count). The molecule has 1 aromatic carbocycles. The summed E-state index contributed by atoms with van der Waals surface area (Å²) in [5.41, 5.74) is 0. The Balaban J connectivity index is 1.51. The van der Waals surface area contributed by atoms with Gasteiger partial charge in [-0.2, -0.15) is 0 Å². The van der Waals surface area contributed by atoms with Crippen LogP contribution in [0, 0.1) is 5.82 Å². The predicted octanol–water partition coefficient (Wildman–Crippen LogP) is 3.89. The van der Waals surface area contributed by atoms with Gasteiger partial charge in [-0.25, -0.2) is 12.8 Å². The van der Waals surface area contributed by atoms with E-state index >= 15 is 0 Å². The Hall–Kier alpha value is -2.11. The number of hydrogen-bond acceptors (Lipinski definition) is 7. The van der Waals surface area contributed by atoms with Crippen LogP contribution in [0.1, 0.15) is 12.8 Å². The molecule has 0 bridgehead atoms. The van der Waals surface area contributed by atoms with Crippen LogP contribution >= 0.6 is 27.3 Å². The van der Waals surface area contributed by atoms with Crippen molar-refractivity contribution in [3.63, 3.8) is 0 Å². The molecule has 142 valence electrons. The molecule has 3 aromatic rings. The molecule has 0 saturated heterocycles. The summed E-state index contributed by atoms with van der Waals surface area (Å²) in [5, 5.41) is 10.0. The summed E-state index contributed by atoms with van der Waals surface area (Å²) >= 11 is 4.74. The van der Waals surface area contributed by atoms with Crippen molar-refractivity contribution in [3.05, 3.63) is 46.0 Å². The SMILES string of the molecule is O=C(CCCS(=O)(=O)c1ccc(F)cc1)Nc1nnc(-c2ccc(Br)s2)o1. The second kappa shape index (κ2) is 8.28. The molecule has 1 amide bonds. The van der Waals surface area contributed by atoms with Gasteiger partial charge in [0.2, 0.25) is 5.91 Å². The third-order valence-electron chi connectivity index (χ3n) is 3.44. The lowest BCUT2D eigenvalue weighted by molar-refractivity contribution is -0.116. The lowest BCUT2D eigenvalue weighted by atomic mass is 10.3. The Morgan fingerprint density at radius 1 is 1.19 bits per heavy atom. The van der Waals surface area contributed by atoms with Gasteiger partial charge in [0.05, 0.1) is 19.3 Å². The molecule has 0 unspecified atom stereocenters. The van der Waals surface area contributed by atoms with Crippen molar-refractivity contribution in [2.75, 3.05) is 11.1 Å². The number of carbonyl (C=O) groups is 1. The molecule has 0 fully saturated rings. The van der Waals surface area contributed by atoms with E-state index in [0.29, 0.717) is 0 Å². The van der Waals surface area contributed by atoms with Gasteiger partial charge in [-0.1, -0.05) is 5.10 Å². The molecule has 11 heteroatoms. The zero-order valence-corrected chi connectivity index (χ0v) is 16.9. The van der Waals surface area contributed by atoms with E-state index in [2.05, 4.69) is 31.4 Å². The Labute approximate surface area is 166 Å². The normalized spacial score (nSPS) is 11.5. The number of sulfone groups is 1. The molecule has 0 radical (unpaired) electrons. The summed E-state index contributed by atoms with van der Waals surface area (Å²) in [6.45, 7) is 0. The third kappa shape index (κ3) is 5.21. The van der Waals surface area contributed by atoms with Gasteiger partial charge in [0.15, 0.2) is 9.84 Å². The van der Waals surface area contributed by atoms with Gasteiger partial charge in [0.25, 0.3) is 5.89 Å². The zero-order valence-electron chi connectivity index (χ0n) is 13.7. The van der Waals surface area contributed by atoms with Gasteiger partial charge < -0.3 is 4.42 Å². The van der Waals surface area contributed by atoms with Crippen LogP contribution in [0.2, 0.25) is 0 Å². The second-order valence-corrected chi connectivity index (χ2v) is 10.0. The van der Waals surface area contributed by atoms with Crippen molar-refractivity contribution in [2.45, 2.75) is 17.7 Å². The summed E-state index contributed by atoms with van der Waals surface area (Å²) in [5.74, 6) is -0.904. The van der Waals surface area contributed by atoms with Crippen LogP contribution in [-0.4, -0.2) is 30.3 Å². The number of hydrogen-bond donors (Lipinski definition) is 1. The Kier molecular flexibility index (Phi) is 6.02. The molecule has 0 aliphatic carbocycles. The van der Waals surface area contributed by atoms with Gasteiger partial charge in [0, 0.05) is 6.42 Å². The monoisotopic (exact) mass is 473 g/mol. The van der Waals surface area contributed by atoms with E-state index in [4.69, 9.17) is 4.42 Å². The smallest absolute Gasteiger partial charge is 0.322 e. The van der Waals surface area contributed by atoms with Crippen molar-refractivity contribution in [1.82, 2.24) is 10.2 Å². The first-order chi connectivity index (χ1) is 12.8. The van der Waals surface area contributed by atoms with Gasteiger partial charge in [0.1, 0.15) is 5.82 Å². The number of amides is 1. The van der Waals surface area contributed by atoms with Crippen LogP contribution in [0.15, 0.2) is 49.5 Å². The summed E-state index contributed by atoms with van der Waals surface area (Å²) < 4.78 is 43.4. The number of benzene rings is 1. The molecular weight excluding hydrogens is 461 g/mol. The van der Waals surface area contributed by atoms with Gasteiger partial charge in [-0.15, -0.1) is 16.4 Å². The van der Waals surface area contributed by atoms with E-state index in [1.807, 2.05) is 6.07 Å². The topological polar surface area (TPSA) is 102 Å². The fourth-order valence-corrected chi connectivity index (χ4v) is 4.79. The number of thiophene rings is 1. The molecule has 27 heavy (non-hydrogen) atoms. The average molecular weight is 474 g/mol. The first kappa shape index (κ1) is 19.6. The lowest BCUT2D eigenvalue weighted by Gasteiger charge is -2.04. The second-order valence-electron chi connectivity index (χ2n) is 5.44.